The summed E-state index contributed by atoms with van der Waals surface area (Å²) in [6, 6.07) is 0. The molecule has 0 aliphatic rings. The molecule has 0 bridgehead atoms. The molecule has 1 nitrogen and oxygen atoms in total. The molecule has 0 aliphatic heterocycles. The van der Waals surface area contributed by atoms with Crippen molar-refractivity contribution in [3.05, 3.63) is 0 Å². The Bertz CT molecular complexity index is 9.61. The van der Waals surface area contributed by atoms with E-state index in [1.54, 1.807) is 6.92 Å². The summed E-state index contributed by atoms with van der Waals surface area (Å²) < 4.78 is 0. The van der Waals surface area contributed by atoms with Gasteiger partial charge in [-0.2, -0.15) is 0 Å². The first-order valence-electron chi connectivity index (χ1n) is 0.996. The van der Waals surface area contributed by atoms with Gasteiger partial charge in [0, 0.05) is 29.6 Å². The first-order valence-corrected chi connectivity index (χ1v) is 0.996. The average molecular weight is 107 g/mol. The average Bonchev–Trinajstić information content (AvgIpc) is 0.918. The van der Waals surface area contributed by atoms with Crippen molar-refractivity contribution in [1.82, 2.24) is 0 Å². The molecule has 0 saturated heterocycles. The van der Waals surface area contributed by atoms with Crippen molar-refractivity contribution in [2.45, 2.75) is 6.92 Å². The Labute approximate surface area is 97.2 Å². The van der Waals surface area contributed by atoms with E-state index in [1.165, 1.54) is 0 Å². The van der Waals surface area contributed by atoms with E-state index in [9.17, 15) is 0 Å². The van der Waals surface area contributed by atoms with Crippen LogP contribution in [-0.4, -0.2) is 36.2 Å². The smallest absolute Gasteiger partial charge is 0.855 e. The van der Waals surface area contributed by atoms with E-state index in [0.717, 1.165) is 0 Å². The Morgan fingerprint density at radius 3 is 1.60 bits per heavy atom. The Morgan fingerprint density at radius 1 is 1.60 bits per heavy atom. The molecule has 0 rings (SSSR count). The Morgan fingerprint density at radius 2 is 1.60 bits per heavy atom. The second kappa shape index (κ2) is 16.0. The number of hydrogen-bond acceptors (Lipinski definition) is 1. The van der Waals surface area contributed by atoms with Gasteiger partial charge in [0.25, 0.3) is 0 Å². The molecule has 0 spiro atoms. The van der Waals surface area contributed by atoms with Crippen LogP contribution in [-0.2, 0) is 0 Å². The van der Waals surface area contributed by atoms with E-state index in [2.05, 4.69) is 0 Å². The molecule has 0 aromatic rings. The predicted molar refractivity (Wildman–Crippen MR) is 16.3 cm³/mol. The molecule has 0 aromatic carbocycles. The first kappa shape index (κ1) is 15.6. The second-order valence-electron chi connectivity index (χ2n) is 0.289. The quantitative estimate of drug-likeness (QED) is 0.289. The predicted octanol–water partition coefficient (Wildman–Crippen LogP) is -4.01. The van der Waals surface area contributed by atoms with Crippen LogP contribution < -0.4 is 56.5 Å². The molecular formula is C2H5KNaO. The molecule has 1 radical (unpaired) electrons. The van der Waals surface area contributed by atoms with Crippen LogP contribution in [0.1, 0.15) is 6.92 Å². The van der Waals surface area contributed by atoms with Crippen LogP contribution in [0.15, 0.2) is 0 Å². The van der Waals surface area contributed by atoms with E-state index >= 15 is 0 Å². The van der Waals surface area contributed by atoms with Gasteiger partial charge >= 0.3 is 51.4 Å². The topological polar surface area (TPSA) is 23.1 Å². The van der Waals surface area contributed by atoms with Gasteiger partial charge < -0.3 is 5.11 Å². The fraction of sp³-hybridized carbons (Fsp3) is 1.00. The third-order valence-corrected chi connectivity index (χ3v) is 0. The standard InChI is InChI=1S/C2H5O.K.Na/c1-2-3;;/h2H2,1H3;;/q-1;+1;. The molecule has 0 saturated carbocycles. The van der Waals surface area contributed by atoms with E-state index in [4.69, 9.17) is 5.11 Å². The maximum Gasteiger partial charge on any atom is 1.00 e. The van der Waals surface area contributed by atoms with E-state index in [0.29, 0.717) is 0 Å². The van der Waals surface area contributed by atoms with Gasteiger partial charge in [-0.3, -0.25) is 0 Å². The fourth-order valence-corrected chi connectivity index (χ4v) is 0. The van der Waals surface area contributed by atoms with Crippen LogP contribution in [0.4, 0.5) is 0 Å². The molecule has 0 aliphatic carbocycles. The molecular weight excluding hydrogens is 102 g/mol. The third kappa shape index (κ3) is 20.7. The van der Waals surface area contributed by atoms with Crippen LogP contribution in [0.5, 0.6) is 0 Å². The third-order valence-electron chi connectivity index (χ3n) is 0. The Kier molecular flexibility index (Phi) is 50.0. The number of hydrogen-bond donors (Lipinski definition) is 0. The van der Waals surface area contributed by atoms with E-state index < -0.39 is 0 Å². The summed E-state index contributed by atoms with van der Waals surface area (Å²) in [5.41, 5.74) is 0. The van der Waals surface area contributed by atoms with Gasteiger partial charge in [0.1, 0.15) is 0 Å². The molecule has 21 valence electrons. The molecule has 0 unspecified atom stereocenters. The minimum atomic E-state index is 0. The second-order valence-corrected chi connectivity index (χ2v) is 0.289. The minimum Gasteiger partial charge on any atom is -0.855 e. The van der Waals surface area contributed by atoms with E-state index in [1.807, 2.05) is 0 Å². The Hall–Kier alpha value is 2.60. The Balaban J connectivity index is -0.0000000200. The van der Waals surface area contributed by atoms with Crippen molar-refractivity contribution in [2.75, 3.05) is 6.61 Å². The molecule has 0 heterocycles. The van der Waals surface area contributed by atoms with Crippen molar-refractivity contribution < 1.29 is 56.5 Å². The normalized spacial score (nSPS) is 3.60. The largest absolute Gasteiger partial charge is 1.00 e. The molecule has 0 N–H and O–H groups in total. The molecule has 5 heavy (non-hydrogen) atoms. The van der Waals surface area contributed by atoms with Crippen LogP contribution in [0.2, 0.25) is 0 Å². The summed E-state index contributed by atoms with van der Waals surface area (Å²) in [5.74, 6) is 0. The molecule has 0 amide bonds. The molecule has 0 atom stereocenters. The van der Waals surface area contributed by atoms with Crippen molar-refractivity contribution in [2.24, 2.45) is 0 Å². The first-order chi connectivity index (χ1) is 1.41. The summed E-state index contributed by atoms with van der Waals surface area (Å²) in [4.78, 5) is 0. The van der Waals surface area contributed by atoms with Crippen molar-refractivity contribution in [3.8, 4) is 0 Å². The summed E-state index contributed by atoms with van der Waals surface area (Å²) in [6.07, 6.45) is 0. The van der Waals surface area contributed by atoms with Gasteiger partial charge in [-0.15, -0.1) is 6.61 Å². The van der Waals surface area contributed by atoms with Crippen LogP contribution in [0.25, 0.3) is 0 Å². The maximum atomic E-state index is 8.93. The molecule has 0 aromatic heterocycles. The zero-order chi connectivity index (χ0) is 2.71. The van der Waals surface area contributed by atoms with Gasteiger partial charge in [-0.25, -0.2) is 0 Å². The zero-order valence-corrected chi connectivity index (χ0v) is 9.24. The van der Waals surface area contributed by atoms with Gasteiger partial charge in [-0.05, 0) is 0 Å². The van der Waals surface area contributed by atoms with Crippen LogP contribution in [0.3, 0.4) is 0 Å². The summed E-state index contributed by atoms with van der Waals surface area (Å²) in [6.45, 7) is 1.57. The monoisotopic (exact) mass is 107 g/mol. The SMILES string of the molecule is CC[O-].[K+].[Na]. The van der Waals surface area contributed by atoms with Crippen molar-refractivity contribution in [1.29, 1.82) is 0 Å². The summed E-state index contributed by atoms with van der Waals surface area (Å²) >= 11 is 0. The van der Waals surface area contributed by atoms with Gasteiger partial charge in [-0.1, -0.05) is 6.92 Å². The van der Waals surface area contributed by atoms with Gasteiger partial charge in [0.05, 0.1) is 0 Å². The van der Waals surface area contributed by atoms with E-state index in [-0.39, 0.29) is 87.5 Å². The van der Waals surface area contributed by atoms with Gasteiger partial charge in [0.2, 0.25) is 0 Å². The molecule has 3 heteroatoms. The number of rotatable bonds is 0. The van der Waals surface area contributed by atoms with Crippen molar-refractivity contribution >= 4 is 29.6 Å². The molecule has 0 fully saturated rings. The van der Waals surface area contributed by atoms with Crippen LogP contribution in [0, 0.1) is 0 Å². The van der Waals surface area contributed by atoms with Crippen molar-refractivity contribution in [3.63, 3.8) is 0 Å². The minimum absolute atomic E-state index is 0. The van der Waals surface area contributed by atoms with Crippen LogP contribution >= 0.6 is 0 Å². The summed E-state index contributed by atoms with van der Waals surface area (Å²) in [7, 11) is 0. The zero-order valence-electron chi connectivity index (χ0n) is 4.12. The summed E-state index contributed by atoms with van der Waals surface area (Å²) in [5, 5.41) is 8.93. The maximum absolute atomic E-state index is 8.93. The van der Waals surface area contributed by atoms with Gasteiger partial charge in [0.15, 0.2) is 0 Å². The fourth-order valence-electron chi connectivity index (χ4n) is 0.